The molecule has 0 bridgehead atoms. The van der Waals surface area contributed by atoms with Gasteiger partial charge >= 0.3 is 0 Å². The van der Waals surface area contributed by atoms with E-state index in [2.05, 4.69) is 34.9 Å². The molecule has 0 amide bonds. The van der Waals surface area contributed by atoms with Gasteiger partial charge in [0.05, 0.1) is 6.61 Å². The highest BCUT2D eigenvalue weighted by Gasteiger charge is 2.28. The summed E-state index contributed by atoms with van der Waals surface area (Å²) in [6.45, 7) is 7.15. The van der Waals surface area contributed by atoms with Crippen LogP contribution in [0, 0.1) is 6.92 Å². The van der Waals surface area contributed by atoms with E-state index in [0.717, 1.165) is 18.2 Å². The van der Waals surface area contributed by atoms with Crippen molar-refractivity contribution in [2.45, 2.75) is 45.3 Å². The standard InChI is InChI=1S/C17H26N2O/c1-14-11-16(6-5-15(14)13-20)19-10-7-17(12-19)18-8-3-2-4-9-18/h5-6,11,17,20H,2-4,7-10,12-13H2,1H3. The van der Waals surface area contributed by atoms with Crippen molar-refractivity contribution in [1.82, 2.24) is 4.90 Å². The Morgan fingerprint density at radius 3 is 2.65 bits per heavy atom. The number of piperidine rings is 1. The maximum absolute atomic E-state index is 9.27. The van der Waals surface area contributed by atoms with Crippen molar-refractivity contribution >= 4 is 5.69 Å². The molecule has 0 aromatic heterocycles. The van der Waals surface area contributed by atoms with Crippen LogP contribution in [0.1, 0.15) is 36.8 Å². The Labute approximate surface area is 122 Å². The van der Waals surface area contributed by atoms with Gasteiger partial charge < -0.3 is 10.0 Å². The molecular weight excluding hydrogens is 248 g/mol. The minimum absolute atomic E-state index is 0.141. The second-order valence-electron chi connectivity index (χ2n) is 6.25. The number of aliphatic hydroxyl groups excluding tert-OH is 1. The topological polar surface area (TPSA) is 26.7 Å². The molecule has 3 heteroatoms. The summed E-state index contributed by atoms with van der Waals surface area (Å²) >= 11 is 0. The van der Waals surface area contributed by atoms with Crippen molar-refractivity contribution in [1.29, 1.82) is 0 Å². The molecule has 0 spiro atoms. The van der Waals surface area contributed by atoms with Crippen LogP contribution < -0.4 is 4.90 Å². The predicted molar refractivity (Wildman–Crippen MR) is 83.1 cm³/mol. The molecule has 1 unspecified atom stereocenters. The zero-order chi connectivity index (χ0) is 13.9. The Kier molecular flexibility index (Phi) is 4.27. The molecule has 0 radical (unpaired) electrons. The molecule has 0 aliphatic carbocycles. The van der Waals surface area contributed by atoms with E-state index >= 15 is 0 Å². The fraction of sp³-hybridized carbons (Fsp3) is 0.647. The highest BCUT2D eigenvalue weighted by Crippen LogP contribution is 2.26. The third-order valence-electron chi connectivity index (χ3n) is 4.93. The number of benzene rings is 1. The number of aryl methyl sites for hydroxylation is 1. The van der Waals surface area contributed by atoms with Crippen molar-refractivity contribution < 1.29 is 5.11 Å². The fourth-order valence-corrected chi connectivity index (χ4v) is 3.61. The maximum atomic E-state index is 9.27. The molecule has 1 atom stereocenters. The van der Waals surface area contributed by atoms with E-state index in [-0.39, 0.29) is 6.61 Å². The van der Waals surface area contributed by atoms with Gasteiger partial charge in [0.2, 0.25) is 0 Å². The summed E-state index contributed by atoms with van der Waals surface area (Å²) in [7, 11) is 0. The van der Waals surface area contributed by atoms with Crippen molar-refractivity contribution in [2.24, 2.45) is 0 Å². The van der Waals surface area contributed by atoms with Gasteiger partial charge in [-0.25, -0.2) is 0 Å². The van der Waals surface area contributed by atoms with Gasteiger partial charge in [-0.3, -0.25) is 4.90 Å². The molecule has 2 heterocycles. The van der Waals surface area contributed by atoms with Crippen LogP contribution in [0.5, 0.6) is 0 Å². The van der Waals surface area contributed by atoms with Gasteiger partial charge in [-0.05, 0) is 62.5 Å². The summed E-state index contributed by atoms with van der Waals surface area (Å²) in [6.07, 6.45) is 5.46. The quantitative estimate of drug-likeness (QED) is 0.917. The smallest absolute Gasteiger partial charge is 0.0684 e. The predicted octanol–water partition coefficient (Wildman–Crippen LogP) is 2.55. The number of nitrogens with zero attached hydrogens (tertiary/aromatic N) is 2. The molecule has 20 heavy (non-hydrogen) atoms. The third kappa shape index (κ3) is 2.84. The van der Waals surface area contributed by atoms with Crippen LogP contribution in [0.4, 0.5) is 5.69 Å². The first-order valence-electron chi connectivity index (χ1n) is 7.97. The minimum Gasteiger partial charge on any atom is -0.392 e. The Morgan fingerprint density at radius 1 is 1.15 bits per heavy atom. The monoisotopic (exact) mass is 274 g/mol. The number of rotatable bonds is 3. The third-order valence-corrected chi connectivity index (χ3v) is 4.93. The molecule has 3 rings (SSSR count). The Balaban J connectivity index is 1.65. The average Bonchev–Trinajstić information content (AvgIpc) is 2.98. The van der Waals surface area contributed by atoms with Crippen LogP contribution in [0.2, 0.25) is 0 Å². The molecule has 3 nitrogen and oxygen atoms in total. The Bertz CT molecular complexity index is 454. The van der Waals surface area contributed by atoms with Gasteiger partial charge in [0, 0.05) is 24.8 Å². The molecule has 1 aromatic carbocycles. The lowest BCUT2D eigenvalue weighted by molar-refractivity contribution is 0.175. The zero-order valence-corrected chi connectivity index (χ0v) is 12.5. The molecule has 2 saturated heterocycles. The van der Waals surface area contributed by atoms with Crippen molar-refractivity contribution in [3.05, 3.63) is 29.3 Å². The van der Waals surface area contributed by atoms with Gasteiger partial charge in [-0.15, -0.1) is 0 Å². The number of likely N-dealkylation sites (tertiary alicyclic amines) is 1. The van der Waals surface area contributed by atoms with E-state index in [1.807, 2.05) is 0 Å². The van der Waals surface area contributed by atoms with Crippen LogP contribution in [0.25, 0.3) is 0 Å². The van der Waals surface area contributed by atoms with Crippen molar-refractivity contribution in [3.8, 4) is 0 Å². The normalized spacial score (nSPS) is 24.3. The molecule has 1 N–H and O–H groups in total. The molecule has 2 aliphatic rings. The van der Waals surface area contributed by atoms with Gasteiger partial charge in [0.25, 0.3) is 0 Å². The fourth-order valence-electron chi connectivity index (χ4n) is 3.61. The summed E-state index contributed by atoms with van der Waals surface area (Å²) in [5, 5.41) is 9.27. The van der Waals surface area contributed by atoms with Gasteiger partial charge in [0.1, 0.15) is 0 Å². The molecule has 0 saturated carbocycles. The first-order valence-corrected chi connectivity index (χ1v) is 7.97. The Morgan fingerprint density at radius 2 is 1.95 bits per heavy atom. The van der Waals surface area contributed by atoms with Crippen LogP contribution in [0.3, 0.4) is 0 Å². The lowest BCUT2D eigenvalue weighted by atomic mass is 10.1. The van der Waals surface area contributed by atoms with Crippen LogP contribution >= 0.6 is 0 Å². The zero-order valence-electron chi connectivity index (χ0n) is 12.5. The summed E-state index contributed by atoms with van der Waals surface area (Å²) in [5.74, 6) is 0. The van der Waals surface area contributed by atoms with E-state index in [9.17, 15) is 5.11 Å². The summed E-state index contributed by atoms with van der Waals surface area (Å²) < 4.78 is 0. The minimum atomic E-state index is 0.141. The summed E-state index contributed by atoms with van der Waals surface area (Å²) in [4.78, 5) is 5.20. The largest absolute Gasteiger partial charge is 0.392 e. The number of aliphatic hydroxyl groups is 1. The maximum Gasteiger partial charge on any atom is 0.0684 e. The molecular formula is C17H26N2O. The number of hydrogen-bond acceptors (Lipinski definition) is 3. The highest BCUT2D eigenvalue weighted by molar-refractivity contribution is 5.51. The van der Waals surface area contributed by atoms with Crippen molar-refractivity contribution in [3.63, 3.8) is 0 Å². The van der Waals surface area contributed by atoms with E-state index in [4.69, 9.17) is 0 Å². The van der Waals surface area contributed by atoms with Gasteiger partial charge in [-0.2, -0.15) is 0 Å². The van der Waals surface area contributed by atoms with Gasteiger partial charge in [-0.1, -0.05) is 12.5 Å². The highest BCUT2D eigenvalue weighted by atomic mass is 16.3. The second kappa shape index (κ2) is 6.15. The van der Waals surface area contributed by atoms with Crippen molar-refractivity contribution in [2.75, 3.05) is 31.1 Å². The molecule has 1 aromatic rings. The van der Waals surface area contributed by atoms with E-state index < -0.39 is 0 Å². The summed E-state index contributed by atoms with van der Waals surface area (Å²) in [5.41, 5.74) is 3.56. The SMILES string of the molecule is Cc1cc(N2CCC(N3CCCCC3)C2)ccc1CO. The Hall–Kier alpha value is -1.06. The van der Waals surface area contributed by atoms with E-state index in [1.165, 1.54) is 56.6 Å². The lowest BCUT2D eigenvalue weighted by Crippen LogP contribution is -2.40. The van der Waals surface area contributed by atoms with Crippen LogP contribution in [-0.4, -0.2) is 42.2 Å². The van der Waals surface area contributed by atoms with Gasteiger partial charge in [0.15, 0.2) is 0 Å². The first kappa shape index (κ1) is 13.9. The van der Waals surface area contributed by atoms with Crippen LogP contribution in [-0.2, 0) is 6.61 Å². The molecule has 2 fully saturated rings. The first-order chi connectivity index (χ1) is 9.78. The summed E-state index contributed by atoms with van der Waals surface area (Å²) in [6, 6.07) is 7.20. The van der Waals surface area contributed by atoms with E-state index in [1.54, 1.807) is 0 Å². The number of hydrogen-bond donors (Lipinski definition) is 1. The van der Waals surface area contributed by atoms with Crippen LogP contribution in [0.15, 0.2) is 18.2 Å². The lowest BCUT2D eigenvalue weighted by Gasteiger charge is -2.32. The second-order valence-corrected chi connectivity index (χ2v) is 6.25. The number of anilines is 1. The molecule has 2 aliphatic heterocycles. The molecule has 110 valence electrons. The average molecular weight is 274 g/mol. The van der Waals surface area contributed by atoms with E-state index in [0.29, 0.717) is 0 Å².